The third-order valence-electron chi connectivity index (χ3n) is 5.42. The van der Waals surface area contributed by atoms with E-state index in [9.17, 15) is 4.79 Å². The number of hydrogen-bond acceptors (Lipinski definition) is 2. The van der Waals surface area contributed by atoms with Crippen molar-refractivity contribution < 1.29 is 9.53 Å². The van der Waals surface area contributed by atoms with Gasteiger partial charge >= 0.3 is 0 Å². The molecule has 0 saturated heterocycles. The Morgan fingerprint density at radius 1 is 1.33 bits per heavy atom. The quantitative estimate of drug-likeness (QED) is 0.850. The standard InChI is InChI=1S/C18H20Cl2N2O2/c1-24-9-15(23)22-8-12-10-6-7-13(19)16(20)18(10)21-17(12)11-4-2-3-5-14(11)22/h6-7,11,14,21H,2-5,8-9H2,1H3. The van der Waals surface area contributed by atoms with Gasteiger partial charge in [-0.3, -0.25) is 4.79 Å². The number of aromatic nitrogens is 1. The van der Waals surface area contributed by atoms with Crippen LogP contribution in [0.1, 0.15) is 42.9 Å². The number of amides is 1. The maximum Gasteiger partial charge on any atom is 0.249 e. The van der Waals surface area contributed by atoms with E-state index < -0.39 is 0 Å². The fourth-order valence-corrected chi connectivity index (χ4v) is 4.72. The van der Waals surface area contributed by atoms with Crippen molar-refractivity contribution in [3.05, 3.63) is 33.4 Å². The Morgan fingerprint density at radius 2 is 2.12 bits per heavy atom. The number of nitrogens with zero attached hydrogens (tertiary/aromatic N) is 1. The second-order valence-electron chi connectivity index (χ2n) is 6.71. The number of H-pyrrole nitrogens is 1. The molecular formula is C18H20Cl2N2O2. The second kappa shape index (κ2) is 6.25. The van der Waals surface area contributed by atoms with Gasteiger partial charge in [0.1, 0.15) is 6.61 Å². The minimum absolute atomic E-state index is 0.0643. The summed E-state index contributed by atoms with van der Waals surface area (Å²) in [5.41, 5.74) is 3.30. The minimum Gasteiger partial charge on any atom is -0.375 e. The number of carbonyl (C=O) groups is 1. The summed E-state index contributed by atoms with van der Waals surface area (Å²) in [5, 5.41) is 2.18. The van der Waals surface area contributed by atoms with Crippen molar-refractivity contribution in [3.8, 4) is 0 Å². The number of benzene rings is 1. The van der Waals surface area contributed by atoms with Crippen LogP contribution in [0.4, 0.5) is 0 Å². The molecule has 1 aromatic heterocycles. The average molecular weight is 367 g/mol. The predicted octanol–water partition coefficient (Wildman–Crippen LogP) is 4.49. The van der Waals surface area contributed by atoms with Gasteiger partial charge in [0.15, 0.2) is 0 Å². The molecule has 24 heavy (non-hydrogen) atoms. The number of ether oxygens (including phenoxy) is 1. The Bertz CT molecular complexity index is 802. The molecule has 0 bridgehead atoms. The van der Waals surface area contributed by atoms with E-state index in [0.29, 0.717) is 22.5 Å². The van der Waals surface area contributed by atoms with Gasteiger partial charge in [-0.05, 0) is 18.9 Å². The van der Waals surface area contributed by atoms with Crippen molar-refractivity contribution >= 4 is 40.0 Å². The molecule has 4 nitrogen and oxygen atoms in total. The highest BCUT2D eigenvalue weighted by Crippen LogP contribution is 2.45. The number of fused-ring (bicyclic) bond motifs is 5. The summed E-state index contributed by atoms with van der Waals surface area (Å²) in [6, 6.07) is 4.08. The molecule has 1 N–H and O–H groups in total. The molecule has 0 spiro atoms. The van der Waals surface area contributed by atoms with E-state index in [1.54, 1.807) is 7.11 Å². The van der Waals surface area contributed by atoms with Gasteiger partial charge in [0.05, 0.1) is 15.6 Å². The van der Waals surface area contributed by atoms with Crippen LogP contribution >= 0.6 is 23.2 Å². The number of methoxy groups -OCH3 is 1. The first-order valence-electron chi connectivity index (χ1n) is 8.38. The van der Waals surface area contributed by atoms with Gasteiger partial charge < -0.3 is 14.6 Å². The average Bonchev–Trinajstić information content (AvgIpc) is 2.97. The zero-order valence-electron chi connectivity index (χ0n) is 13.6. The summed E-state index contributed by atoms with van der Waals surface area (Å²) < 4.78 is 5.09. The summed E-state index contributed by atoms with van der Waals surface area (Å²) in [6.07, 6.45) is 4.49. The fraction of sp³-hybridized carbons (Fsp3) is 0.500. The summed E-state index contributed by atoms with van der Waals surface area (Å²) in [6.45, 7) is 0.740. The SMILES string of the molecule is COCC(=O)N1Cc2c([nH]c3c(Cl)c(Cl)ccc23)C2CCCCC21. The van der Waals surface area contributed by atoms with Crippen LogP contribution < -0.4 is 0 Å². The number of halogens is 2. The lowest BCUT2D eigenvalue weighted by Crippen LogP contribution is -2.49. The number of hydrogen-bond donors (Lipinski definition) is 1. The van der Waals surface area contributed by atoms with E-state index in [2.05, 4.69) is 4.98 Å². The van der Waals surface area contributed by atoms with Crippen LogP contribution in [0, 0.1) is 0 Å². The van der Waals surface area contributed by atoms with Crippen molar-refractivity contribution in [1.82, 2.24) is 9.88 Å². The molecule has 1 aliphatic carbocycles. The predicted molar refractivity (Wildman–Crippen MR) is 95.7 cm³/mol. The second-order valence-corrected chi connectivity index (χ2v) is 7.50. The lowest BCUT2D eigenvalue weighted by Gasteiger charge is -2.44. The zero-order chi connectivity index (χ0) is 16.8. The van der Waals surface area contributed by atoms with Crippen LogP contribution in [0.15, 0.2) is 12.1 Å². The first-order valence-corrected chi connectivity index (χ1v) is 9.14. The van der Waals surface area contributed by atoms with Crippen molar-refractivity contribution in [2.24, 2.45) is 0 Å². The maximum atomic E-state index is 12.6. The summed E-state index contributed by atoms with van der Waals surface area (Å²) in [7, 11) is 1.57. The summed E-state index contributed by atoms with van der Waals surface area (Å²) >= 11 is 12.6. The Kier molecular flexibility index (Phi) is 4.23. The maximum absolute atomic E-state index is 12.6. The van der Waals surface area contributed by atoms with Gasteiger partial charge in [-0.25, -0.2) is 0 Å². The molecule has 1 fully saturated rings. The first-order chi connectivity index (χ1) is 11.6. The molecule has 2 aromatic rings. The van der Waals surface area contributed by atoms with Crippen LogP contribution in [0.2, 0.25) is 10.0 Å². The van der Waals surface area contributed by atoms with Crippen LogP contribution in [0.25, 0.3) is 10.9 Å². The van der Waals surface area contributed by atoms with Crippen molar-refractivity contribution in [2.45, 2.75) is 44.2 Å². The smallest absolute Gasteiger partial charge is 0.249 e. The number of carbonyl (C=O) groups excluding carboxylic acids is 1. The van der Waals surface area contributed by atoms with E-state index in [1.807, 2.05) is 17.0 Å². The molecule has 1 amide bonds. The van der Waals surface area contributed by atoms with E-state index in [-0.39, 0.29) is 18.6 Å². The lowest BCUT2D eigenvalue weighted by molar-refractivity contribution is -0.140. The highest BCUT2D eigenvalue weighted by molar-refractivity contribution is 6.45. The molecule has 1 aromatic carbocycles. The summed E-state index contributed by atoms with van der Waals surface area (Å²) in [5.74, 6) is 0.403. The van der Waals surface area contributed by atoms with Crippen molar-refractivity contribution in [1.29, 1.82) is 0 Å². The number of aromatic amines is 1. The molecule has 2 heterocycles. The van der Waals surface area contributed by atoms with E-state index in [0.717, 1.165) is 23.7 Å². The molecule has 1 aliphatic heterocycles. The third-order valence-corrected chi connectivity index (χ3v) is 6.23. The third kappa shape index (κ3) is 2.43. The van der Waals surface area contributed by atoms with E-state index in [4.69, 9.17) is 27.9 Å². The summed E-state index contributed by atoms with van der Waals surface area (Å²) in [4.78, 5) is 18.1. The Labute approximate surface area is 151 Å². The van der Waals surface area contributed by atoms with Crippen LogP contribution in [-0.4, -0.2) is 35.5 Å². The van der Waals surface area contributed by atoms with Crippen LogP contribution in [-0.2, 0) is 16.1 Å². The molecule has 4 rings (SSSR count). The molecule has 2 aliphatic rings. The molecule has 128 valence electrons. The minimum atomic E-state index is 0.0643. The van der Waals surface area contributed by atoms with Crippen LogP contribution in [0.3, 0.4) is 0 Å². The molecule has 1 saturated carbocycles. The molecule has 2 atom stereocenters. The normalized spacial score (nSPS) is 23.2. The van der Waals surface area contributed by atoms with E-state index >= 15 is 0 Å². The van der Waals surface area contributed by atoms with Crippen LogP contribution in [0.5, 0.6) is 0 Å². The molecule has 6 heteroatoms. The van der Waals surface area contributed by atoms with Crippen molar-refractivity contribution in [2.75, 3.05) is 13.7 Å². The van der Waals surface area contributed by atoms with Gasteiger partial charge in [-0.1, -0.05) is 42.1 Å². The monoisotopic (exact) mass is 366 g/mol. The molecule has 2 unspecified atom stereocenters. The van der Waals surface area contributed by atoms with Gasteiger partial charge in [0.25, 0.3) is 0 Å². The van der Waals surface area contributed by atoms with Gasteiger partial charge in [0.2, 0.25) is 5.91 Å². The zero-order valence-corrected chi connectivity index (χ0v) is 15.1. The Morgan fingerprint density at radius 3 is 2.92 bits per heavy atom. The largest absolute Gasteiger partial charge is 0.375 e. The van der Waals surface area contributed by atoms with E-state index in [1.165, 1.54) is 24.1 Å². The van der Waals surface area contributed by atoms with Gasteiger partial charge in [0, 0.05) is 42.3 Å². The fourth-order valence-electron chi connectivity index (χ4n) is 4.35. The lowest BCUT2D eigenvalue weighted by atomic mass is 9.77. The molecule has 0 radical (unpaired) electrons. The van der Waals surface area contributed by atoms with Gasteiger partial charge in [-0.15, -0.1) is 0 Å². The Hall–Kier alpha value is -1.23. The first kappa shape index (κ1) is 16.2. The number of nitrogens with one attached hydrogen (secondary N) is 1. The Balaban J connectivity index is 1.85. The van der Waals surface area contributed by atoms with Gasteiger partial charge in [-0.2, -0.15) is 0 Å². The van der Waals surface area contributed by atoms with Crippen molar-refractivity contribution in [3.63, 3.8) is 0 Å². The topological polar surface area (TPSA) is 45.3 Å². The highest BCUT2D eigenvalue weighted by atomic mass is 35.5. The molecular weight excluding hydrogens is 347 g/mol. The number of rotatable bonds is 2. The highest BCUT2D eigenvalue weighted by Gasteiger charge is 2.40.